The van der Waals surface area contributed by atoms with Crippen LogP contribution in [0.1, 0.15) is 50.1 Å². The van der Waals surface area contributed by atoms with Gasteiger partial charge in [0.1, 0.15) is 5.39 Å². The van der Waals surface area contributed by atoms with E-state index in [1.54, 1.807) is 18.3 Å². The monoisotopic (exact) mass is 510 g/mol. The zero-order chi connectivity index (χ0) is 24.9. The number of aromatic nitrogens is 3. The summed E-state index contributed by atoms with van der Waals surface area (Å²) in [4.78, 5) is 16.1. The summed E-state index contributed by atoms with van der Waals surface area (Å²) < 4.78 is 31.2. The lowest BCUT2D eigenvalue weighted by Crippen LogP contribution is -2.37. The van der Waals surface area contributed by atoms with Crippen molar-refractivity contribution >= 4 is 33.2 Å². The van der Waals surface area contributed by atoms with Crippen LogP contribution < -0.4 is 10.9 Å². The largest absolute Gasteiger partial charge is 0.381 e. The second-order valence-corrected chi connectivity index (χ2v) is 11.8. The highest BCUT2D eigenvalue weighted by Crippen LogP contribution is 2.60. The standard InChI is InChI=1S/C25H30N6O4S/c26-14-16-3-1-2-4-20(16)31-21-7-10-27-25(32)23(21)24(29-31)28-18-5-6-22-17(13-18)15-30(36(22,33)34)19-8-11-35-12-9-19/h5-7,10,13,16,19-20,33-34H,1-4,8-9,11-12,15H2,(H,27,32)(H,28,29). The number of aromatic amines is 1. The van der Waals surface area contributed by atoms with Crippen LogP contribution in [0.4, 0.5) is 11.5 Å². The summed E-state index contributed by atoms with van der Waals surface area (Å²) in [5.74, 6) is 0.287. The Morgan fingerprint density at radius 1 is 1.17 bits per heavy atom. The van der Waals surface area contributed by atoms with E-state index in [2.05, 4.69) is 16.4 Å². The predicted molar refractivity (Wildman–Crippen MR) is 137 cm³/mol. The van der Waals surface area contributed by atoms with Gasteiger partial charge in [-0.25, -0.2) is 0 Å². The normalized spacial score (nSPS) is 25.4. The molecule has 1 aliphatic carbocycles. The molecule has 2 atom stereocenters. The summed E-state index contributed by atoms with van der Waals surface area (Å²) in [6.07, 6.45) is 6.88. The van der Waals surface area contributed by atoms with Crippen LogP contribution in [-0.4, -0.2) is 47.4 Å². The fourth-order valence-electron chi connectivity index (χ4n) is 5.87. The molecule has 6 rings (SSSR count). The van der Waals surface area contributed by atoms with Crippen LogP contribution in [0.15, 0.2) is 40.2 Å². The average molecular weight is 511 g/mol. The number of benzene rings is 1. The first-order chi connectivity index (χ1) is 17.5. The molecule has 2 unspecified atom stereocenters. The average Bonchev–Trinajstić information content (AvgIpc) is 3.39. The summed E-state index contributed by atoms with van der Waals surface area (Å²) in [5, 5.41) is 18.3. The Morgan fingerprint density at radius 3 is 2.78 bits per heavy atom. The van der Waals surface area contributed by atoms with E-state index < -0.39 is 10.8 Å². The molecule has 36 heavy (non-hydrogen) atoms. The maximum Gasteiger partial charge on any atom is 0.261 e. The first kappa shape index (κ1) is 23.5. The van der Waals surface area contributed by atoms with Gasteiger partial charge in [0.25, 0.3) is 5.56 Å². The van der Waals surface area contributed by atoms with E-state index in [0.29, 0.717) is 47.1 Å². The molecule has 0 radical (unpaired) electrons. The Hall–Kier alpha value is -2.88. The van der Waals surface area contributed by atoms with Gasteiger partial charge in [0.2, 0.25) is 0 Å². The van der Waals surface area contributed by atoms with Crippen molar-refractivity contribution in [3.63, 3.8) is 0 Å². The number of nitrogens with one attached hydrogen (secondary N) is 2. The second-order valence-electron chi connectivity index (χ2n) is 9.83. The summed E-state index contributed by atoms with van der Waals surface area (Å²) in [6, 6.07) is 9.70. The number of hydrogen-bond acceptors (Lipinski definition) is 8. The van der Waals surface area contributed by atoms with Crippen molar-refractivity contribution < 1.29 is 13.8 Å². The number of fused-ring (bicyclic) bond motifs is 2. The van der Waals surface area contributed by atoms with Gasteiger partial charge >= 0.3 is 0 Å². The molecule has 0 spiro atoms. The Labute approximate surface area is 210 Å². The molecule has 10 nitrogen and oxygen atoms in total. The van der Waals surface area contributed by atoms with Crippen molar-refractivity contribution in [2.75, 3.05) is 18.5 Å². The second kappa shape index (κ2) is 9.21. The zero-order valence-corrected chi connectivity index (χ0v) is 20.7. The van der Waals surface area contributed by atoms with Gasteiger partial charge in [-0.05, 0) is 55.5 Å². The molecule has 3 aliphatic rings. The molecule has 1 aromatic carbocycles. The van der Waals surface area contributed by atoms with Crippen LogP contribution >= 0.6 is 10.8 Å². The minimum atomic E-state index is -3.05. The lowest BCUT2D eigenvalue weighted by Gasteiger charge is -2.43. The molecule has 4 heterocycles. The van der Waals surface area contributed by atoms with E-state index >= 15 is 0 Å². The number of pyridine rings is 1. The molecule has 2 aromatic heterocycles. The van der Waals surface area contributed by atoms with E-state index in [9.17, 15) is 19.2 Å². The fourth-order valence-corrected chi connectivity index (χ4v) is 7.80. The van der Waals surface area contributed by atoms with Gasteiger partial charge in [0, 0.05) is 37.7 Å². The highest BCUT2D eigenvalue weighted by Gasteiger charge is 2.40. The van der Waals surface area contributed by atoms with Crippen LogP contribution in [0.2, 0.25) is 0 Å². The predicted octanol–water partition coefficient (Wildman–Crippen LogP) is 4.74. The molecule has 2 fully saturated rings. The Morgan fingerprint density at radius 2 is 1.97 bits per heavy atom. The third-order valence-electron chi connectivity index (χ3n) is 7.71. The lowest BCUT2D eigenvalue weighted by atomic mass is 9.85. The maximum absolute atomic E-state index is 12.8. The smallest absolute Gasteiger partial charge is 0.261 e. The number of nitriles is 1. The molecule has 1 saturated heterocycles. The molecular formula is C25H30N6O4S. The van der Waals surface area contributed by atoms with Crippen LogP contribution in [0.3, 0.4) is 0 Å². The molecule has 190 valence electrons. The third-order valence-corrected chi connectivity index (χ3v) is 9.78. The quantitative estimate of drug-likeness (QED) is 0.395. The van der Waals surface area contributed by atoms with Gasteiger partial charge in [-0.1, -0.05) is 12.8 Å². The molecule has 2 aliphatic heterocycles. The zero-order valence-electron chi connectivity index (χ0n) is 19.9. The lowest BCUT2D eigenvalue weighted by molar-refractivity contribution is 0.0557. The van der Waals surface area contributed by atoms with E-state index in [1.165, 1.54) is 0 Å². The number of anilines is 2. The molecule has 1 saturated carbocycles. The number of H-pyrrole nitrogens is 1. The molecule has 0 bridgehead atoms. The van der Waals surface area contributed by atoms with Crippen molar-refractivity contribution in [1.82, 2.24) is 19.1 Å². The highest BCUT2D eigenvalue weighted by molar-refractivity contribution is 8.22. The molecule has 11 heteroatoms. The molecule has 3 aromatic rings. The topological polar surface area (TPSA) is 139 Å². The maximum atomic E-state index is 12.8. The first-order valence-electron chi connectivity index (χ1n) is 12.5. The van der Waals surface area contributed by atoms with Crippen molar-refractivity contribution in [2.24, 2.45) is 5.92 Å². The SMILES string of the molecule is N#CC1CCCCC1n1nc(Nc2ccc3c(c2)CN(C2CCOCC2)S3(O)O)c2c(=O)[nH]ccc21. The summed E-state index contributed by atoms with van der Waals surface area (Å²) >= 11 is 0. The van der Waals surface area contributed by atoms with Crippen LogP contribution in [0, 0.1) is 17.2 Å². The Bertz CT molecular complexity index is 1390. The minimum Gasteiger partial charge on any atom is -0.381 e. The van der Waals surface area contributed by atoms with Gasteiger partial charge in [0.15, 0.2) is 5.82 Å². The van der Waals surface area contributed by atoms with E-state index in [1.807, 2.05) is 21.1 Å². The van der Waals surface area contributed by atoms with Crippen molar-refractivity contribution in [2.45, 2.75) is 62.0 Å². The fraction of sp³-hybridized carbons (Fsp3) is 0.480. The van der Waals surface area contributed by atoms with Gasteiger partial charge in [-0.2, -0.15) is 14.7 Å². The number of hydrogen-bond donors (Lipinski definition) is 4. The van der Waals surface area contributed by atoms with E-state index in [4.69, 9.17) is 9.84 Å². The van der Waals surface area contributed by atoms with Gasteiger partial charge in [0.05, 0.1) is 28.4 Å². The van der Waals surface area contributed by atoms with Crippen LogP contribution in [0.5, 0.6) is 0 Å². The van der Waals surface area contributed by atoms with Gasteiger partial charge < -0.3 is 15.0 Å². The molecule has 0 amide bonds. The Balaban J connectivity index is 1.34. The highest BCUT2D eigenvalue weighted by atomic mass is 32.3. The van der Waals surface area contributed by atoms with E-state index in [0.717, 1.165) is 44.1 Å². The number of ether oxygens (including phenoxy) is 1. The van der Waals surface area contributed by atoms with Crippen LogP contribution in [0.25, 0.3) is 10.9 Å². The van der Waals surface area contributed by atoms with Gasteiger partial charge in [-0.15, -0.1) is 10.8 Å². The summed E-state index contributed by atoms with van der Waals surface area (Å²) in [6.45, 7) is 1.69. The first-order valence-corrected chi connectivity index (χ1v) is 14.0. The number of rotatable bonds is 4. The summed E-state index contributed by atoms with van der Waals surface area (Å²) in [5.41, 5.74) is 2.02. The van der Waals surface area contributed by atoms with Crippen molar-refractivity contribution in [3.8, 4) is 6.07 Å². The molecule has 4 N–H and O–H groups in total. The van der Waals surface area contributed by atoms with E-state index in [-0.39, 0.29) is 23.6 Å². The third kappa shape index (κ3) is 3.90. The molecular weight excluding hydrogens is 480 g/mol. The minimum absolute atomic E-state index is 0.0642. The van der Waals surface area contributed by atoms with Gasteiger partial charge in [-0.3, -0.25) is 18.6 Å². The Kier molecular flexibility index (Phi) is 6.02. The van der Waals surface area contributed by atoms with Crippen LogP contribution in [-0.2, 0) is 11.3 Å². The van der Waals surface area contributed by atoms with Crippen molar-refractivity contribution in [3.05, 3.63) is 46.4 Å². The summed E-state index contributed by atoms with van der Waals surface area (Å²) in [7, 11) is -3.05. The number of nitrogens with zero attached hydrogens (tertiary/aromatic N) is 4. The van der Waals surface area contributed by atoms with Crippen molar-refractivity contribution in [1.29, 1.82) is 5.26 Å².